The molecule has 2 saturated heterocycles. The molecule has 0 aromatic heterocycles. The number of ether oxygens (including phenoxy) is 2. The van der Waals surface area contributed by atoms with Gasteiger partial charge in [0, 0.05) is 19.6 Å². The van der Waals surface area contributed by atoms with Crippen LogP contribution < -0.4 is 5.32 Å². The predicted octanol–water partition coefficient (Wildman–Crippen LogP) is 0.883. The molecule has 2 aliphatic heterocycles. The molecule has 21 heavy (non-hydrogen) atoms. The van der Waals surface area contributed by atoms with E-state index < -0.39 is 0 Å². The zero-order chi connectivity index (χ0) is 14.7. The van der Waals surface area contributed by atoms with Gasteiger partial charge in [-0.05, 0) is 18.1 Å². The Hall–Kier alpha value is -1.43. The van der Waals surface area contributed by atoms with Gasteiger partial charge in [-0.2, -0.15) is 0 Å². The molecule has 2 aliphatic rings. The third-order valence-corrected chi connectivity index (χ3v) is 4.12. The number of rotatable bonds is 2. The number of carbonyl (C=O) groups is 1. The standard InChI is InChI=1S/C16H22N2O3/c1-12-4-2-3-5-13(12)15-11-18(7-9-21-15)16(19)14-10-17-6-8-20-14/h2-5,14-15,17H,6-11H2,1H3/t14-,15-/m0/s1. The van der Waals surface area contributed by atoms with Gasteiger partial charge in [-0.3, -0.25) is 4.79 Å². The highest BCUT2D eigenvalue weighted by atomic mass is 16.5. The summed E-state index contributed by atoms with van der Waals surface area (Å²) in [4.78, 5) is 14.4. The number of morpholine rings is 2. The Bertz CT molecular complexity index is 500. The average molecular weight is 290 g/mol. The van der Waals surface area contributed by atoms with Crippen LogP contribution in [0.1, 0.15) is 17.2 Å². The van der Waals surface area contributed by atoms with Crippen molar-refractivity contribution in [1.29, 1.82) is 0 Å². The molecule has 114 valence electrons. The first kappa shape index (κ1) is 14.5. The van der Waals surface area contributed by atoms with Crippen LogP contribution in [-0.2, 0) is 14.3 Å². The van der Waals surface area contributed by atoms with Crippen LogP contribution in [0.3, 0.4) is 0 Å². The first-order chi connectivity index (χ1) is 10.3. The Morgan fingerprint density at radius 3 is 2.90 bits per heavy atom. The monoisotopic (exact) mass is 290 g/mol. The largest absolute Gasteiger partial charge is 0.370 e. The van der Waals surface area contributed by atoms with E-state index in [1.165, 1.54) is 5.56 Å². The summed E-state index contributed by atoms with van der Waals surface area (Å²) < 4.78 is 11.4. The van der Waals surface area contributed by atoms with Crippen LogP contribution in [0.2, 0.25) is 0 Å². The zero-order valence-electron chi connectivity index (χ0n) is 12.4. The molecule has 0 saturated carbocycles. The molecule has 1 N–H and O–H groups in total. The van der Waals surface area contributed by atoms with Crippen molar-refractivity contribution in [3.63, 3.8) is 0 Å². The molecule has 5 heteroatoms. The van der Waals surface area contributed by atoms with Crippen LogP contribution in [0.25, 0.3) is 0 Å². The normalized spacial score (nSPS) is 26.6. The van der Waals surface area contributed by atoms with Gasteiger partial charge in [0.1, 0.15) is 12.2 Å². The van der Waals surface area contributed by atoms with Crippen molar-refractivity contribution in [2.45, 2.75) is 19.1 Å². The Kier molecular flexibility index (Phi) is 4.53. The third-order valence-electron chi connectivity index (χ3n) is 4.12. The smallest absolute Gasteiger partial charge is 0.253 e. The fraction of sp³-hybridized carbons (Fsp3) is 0.562. The van der Waals surface area contributed by atoms with Crippen LogP contribution in [0.15, 0.2) is 24.3 Å². The van der Waals surface area contributed by atoms with Gasteiger partial charge in [0.15, 0.2) is 0 Å². The van der Waals surface area contributed by atoms with Gasteiger partial charge in [0.2, 0.25) is 0 Å². The minimum absolute atomic E-state index is 0.0413. The van der Waals surface area contributed by atoms with Crippen LogP contribution in [0.4, 0.5) is 0 Å². The summed E-state index contributed by atoms with van der Waals surface area (Å²) in [6.07, 6.45) is -0.394. The Morgan fingerprint density at radius 1 is 1.29 bits per heavy atom. The van der Waals surface area contributed by atoms with Crippen molar-refractivity contribution >= 4 is 5.91 Å². The molecule has 1 aromatic carbocycles. The molecule has 1 aromatic rings. The first-order valence-corrected chi connectivity index (χ1v) is 7.54. The Labute approximate surface area is 125 Å². The van der Waals surface area contributed by atoms with E-state index in [4.69, 9.17) is 9.47 Å². The number of amides is 1. The minimum atomic E-state index is -0.352. The zero-order valence-corrected chi connectivity index (χ0v) is 12.4. The van der Waals surface area contributed by atoms with E-state index in [-0.39, 0.29) is 18.1 Å². The molecule has 1 amide bonds. The second-order valence-electron chi connectivity index (χ2n) is 5.56. The lowest BCUT2D eigenvalue weighted by molar-refractivity contribution is -0.152. The van der Waals surface area contributed by atoms with Gasteiger partial charge in [-0.1, -0.05) is 24.3 Å². The van der Waals surface area contributed by atoms with Crippen molar-refractivity contribution in [1.82, 2.24) is 10.2 Å². The highest BCUT2D eigenvalue weighted by Crippen LogP contribution is 2.25. The summed E-state index contributed by atoms with van der Waals surface area (Å²) in [5, 5.41) is 3.20. The lowest BCUT2D eigenvalue weighted by Crippen LogP contribution is -2.52. The van der Waals surface area contributed by atoms with E-state index in [2.05, 4.69) is 24.4 Å². The maximum Gasteiger partial charge on any atom is 0.253 e. The van der Waals surface area contributed by atoms with Gasteiger partial charge in [0.05, 0.1) is 19.8 Å². The van der Waals surface area contributed by atoms with E-state index in [0.29, 0.717) is 32.8 Å². The maximum absolute atomic E-state index is 12.5. The maximum atomic E-state index is 12.5. The van der Waals surface area contributed by atoms with E-state index in [9.17, 15) is 4.79 Å². The summed E-state index contributed by atoms with van der Waals surface area (Å²) >= 11 is 0. The topological polar surface area (TPSA) is 50.8 Å². The molecule has 2 heterocycles. The fourth-order valence-electron chi connectivity index (χ4n) is 2.91. The van der Waals surface area contributed by atoms with Crippen LogP contribution in [0, 0.1) is 6.92 Å². The molecule has 0 radical (unpaired) electrons. The first-order valence-electron chi connectivity index (χ1n) is 7.54. The van der Waals surface area contributed by atoms with Crippen LogP contribution in [-0.4, -0.2) is 56.3 Å². The Balaban J connectivity index is 1.68. The van der Waals surface area contributed by atoms with Crippen LogP contribution >= 0.6 is 0 Å². The van der Waals surface area contributed by atoms with Gasteiger partial charge in [0.25, 0.3) is 5.91 Å². The number of hydrogen-bond acceptors (Lipinski definition) is 4. The summed E-state index contributed by atoms with van der Waals surface area (Å²) in [5.41, 5.74) is 2.37. The van der Waals surface area contributed by atoms with Crippen molar-refractivity contribution in [2.75, 3.05) is 39.4 Å². The molecular formula is C16H22N2O3. The van der Waals surface area contributed by atoms with Crippen molar-refractivity contribution in [3.05, 3.63) is 35.4 Å². The number of benzene rings is 1. The molecule has 0 aliphatic carbocycles. The molecule has 0 unspecified atom stereocenters. The second kappa shape index (κ2) is 6.56. The summed E-state index contributed by atoms with van der Waals surface area (Å²) in [6, 6.07) is 8.19. The lowest BCUT2D eigenvalue weighted by atomic mass is 10.0. The number of aryl methyl sites for hydroxylation is 1. The van der Waals surface area contributed by atoms with E-state index in [1.807, 2.05) is 17.0 Å². The number of carbonyl (C=O) groups excluding carboxylic acids is 1. The molecular weight excluding hydrogens is 268 g/mol. The molecule has 2 atom stereocenters. The van der Waals surface area contributed by atoms with Gasteiger partial charge in [-0.15, -0.1) is 0 Å². The Morgan fingerprint density at radius 2 is 2.14 bits per heavy atom. The average Bonchev–Trinajstić information content (AvgIpc) is 2.55. The summed E-state index contributed by atoms with van der Waals surface area (Å²) in [6.45, 7) is 5.91. The molecule has 5 nitrogen and oxygen atoms in total. The molecule has 2 fully saturated rings. The SMILES string of the molecule is Cc1ccccc1[C@@H]1CN(C(=O)[C@@H]2CNCCO2)CCO1. The molecule has 0 bridgehead atoms. The van der Waals surface area contributed by atoms with Crippen molar-refractivity contribution in [2.24, 2.45) is 0 Å². The van der Waals surface area contributed by atoms with E-state index in [0.717, 1.165) is 12.1 Å². The molecule has 3 rings (SSSR count). The van der Waals surface area contributed by atoms with Crippen LogP contribution in [0.5, 0.6) is 0 Å². The van der Waals surface area contributed by atoms with Crippen molar-refractivity contribution < 1.29 is 14.3 Å². The van der Waals surface area contributed by atoms with Gasteiger partial charge in [-0.25, -0.2) is 0 Å². The van der Waals surface area contributed by atoms with E-state index >= 15 is 0 Å². The quantitative estimate of drug-likeness (QED) is 0.878. The summed E-state index contributed by atoms with van der Waals surface area (Å²) in [5.74, 6) is 0.0732. The van der Waals surface area contributed by atoms with Gasteiger partial charge >= 0.3 is 0 Å². The fourth-order valence-corrected chi connectivity index (χ4v) is 2.91. The van der Waals surface area contributed by atoms with Crippen molar-refractivity contribution in [3.8, 4) is 0 Å². The van der Waals surface area contributed by atoms with Gasteiger partial charge < -0.3 is 19.7 Å². The number of nitrogens with one attached hydrogen (secondary N) is 1. The minimum Gasteiger partial charge on any atom is -0.370 e. The number of nitrogens with zero attached hydrogens (tertiary/aromatic N) is 1. The summed E-state index contributed by atoms with van der Waals surface area (Å²) in [7, 11) is 0. The number of hydrogen-bond donors (Lipinski definition) is 1. The highest BCUT2D eigenvalue weighted by molar-refractivity contribution is 5.81. The molecule has 0 spiro atoms. The predicted molar refractivity (Wildman–Crippen MR) is 79.1 cm³/mol. The third kappa shape index (κ3) is 3.26. The second-order valence-corrected chi connectivity index (χ2v) is 5.56. The lowest BCUT2D eigenvalue weighted by Gasteiger charge is -2.36. The highest BCUT2D eigenvalue weighted by Gasteiger charge is 2.31. The van der Waals surface area contributed by atoms with E-state index in [1.54, 1.807) is 0 Å².